The van der Waals surface area contributed by atoms with Gasteiger partial charge < -0.3 is 10.6 Å². The molecule has 2 amide bonds. The molecule has 0 aromatic carbocycles. The molecule has 0 bridgehead atoms. The number of urea groups is 1. The van der Waals surface area contributed by atoms with E-state index in [0.29, 0.717) is 26.2 Å². The maximum atomic E-state index is 12.4. The topological polar surface area (TPSA) is 47.6 Å². The summed E-state index contributed by atoms with van der Waals surface area (Å²) in [7, 11) is 0. The molecule has 24 heavy (non-hydrogen) atoms. The fraction of sp³-hybridized carbons (Fsp3) is 0.526. The predicted molar refractivity (Wildman–Crippen MR) is 104 cm³/mol. The molecule has 0 fully saturated rings. The summed E-state index contributed by atoms with van der Waals surface area (Å²) < 4.78 is 0. The quantitative estimate of drug-likeness (QED) is 0.379. The highest BCUT2D eigenvalue weighted by Gasteiger charge is 2.20. The second-order valence-electron chi connectivity index (χ2n) is 5.53. The molecule has 0 aliphatic heterocycles. The van der Waals surface area contributed by atoms with E-state index in [9.17, 15) is 4.79 Å². The third-order valence-electron chi connectivity index (χ3n) is 3.70. The Labute approximate surface area is 147 Å². The lowest BCUT2D eigenvalue weighted by Crippen LogP contribution is -2.56. The number of hydrogen-bond donors (Lipinski definition) is 2. The first kappa shape index (κ1) is 22.1. The van der Waals surface area contributed by atoms with Crippen molar-refractivity contribution in [3.05, 3.63) is 50.6 Å². The Morgan fingerprint density at radius 3 is 1.29 bits per heavy atom. The van der Waals surface area contributed by atoms with Gasteiger partial charge >= 0.3 is 6.03 Å². The van der Waals surface area contributed by atoms with Crippen molar-refractivity contribution in [3.63, 3.8) is 0 Å². The summed E-state index contributed by atoms with van der Waals surface area (Å²) in [6, 6.07) is -0.176. The number of hydrogen-bond acceptors (Lipinski definition) is 3. The summed E-state index contributed by atoms with van der Waals surface area (Å²) in [5, 5.41) is 6.08. The van der Waals surface area contributed by atoms with E-state index in [1.165, 1.54) is 0 Å². The average molecular weight is 335 g/mol. The van der Waals surface area contributed by atoms with Gasteiger partial charge in [-0.05, 0) is 12.8 Å². The maximum Gasteiger partial charge on any atom is 0.317 e. The zero-order valence-corrected chi connectivity index (χ0v) is 15.3. The Bertz CT molecular complexity index is 352. The fourth-order valence-electron chi connectivity index (χ4n) is 2.57. The molecule has 0 radical (unpaired) electrons. The molecule has 136 valence electrons. The van der Waals surface area contributed by atoms with Gasteiger partial charge in [-0.15, -0.1) is 26.3 Å². The Morgan fingerprint density at radius 2 is 1.08 bits per heavy atom. The van der Waals surface area contributed by atoms with Crippen molar-refractivity contribution in [3.8, 4) is 0 Å². The van der Waals surface area contributed by atoms with Crippen LogP contribution >= 0.6 is 0 Å². The van der Waals surface area contributed by atoms with Crippen LogP contribution in [0.1, 0.15) is 26.7 Å². The van der Waals surface area contributed by atoms with E-state index < -0.39 is 0 Å². The molecule has 0 aromatic rings. The SMILES string of the molecule is C=CCN(CC=C)C(CC)NC(=O)NC(CC)N(CC=C)CC=C. The van der Waals surface area contributed by atoms with Crippen LogP contribution in [0.2, 0.25) is 0 Å². The van der Waals surface area contributed by atoms with Gasteiger partial charge in [0.15, 0.2) is 0 Å². The van der Waals surface area contributed by atoms with Crippen LogP contribution < -0.4 is 10.6 Å². The first-order chi connectivity index (χ1) is 11.6. The Balaban J connectivity index is 4.84. The van der Waals surface area contributed by atoms with Gasteiger partial charge in [0.05, 0.1) is 12.3 Å². The van der Waals surface area contributed by atoms with Gasteiger partial charge in [0.1, 0.15) is 0 Å². The highest BCUT2D eigenvalue weighted by molar-refractivity contribution is 5.74. The molecule has 0 heterocycles. The van der Waals surface area contributed by atoms with Gasteiger partial charge in [-0.3, -0.25) is 9.80 Å². The number of nitrogens with one attached hydrogen (secondary N) is 2. The van der Waals surface area contributed by atoms with Gasteiger partial charge in [0.2, 0.25) is 0 Å². The zero-order chi connectivity index (χ0) is 18.4. The molecule has 2 N–H and O–H groups in total. The predicted octanol–water partition coefficient (Wildman–Crippen LogP) is 3.11. The van der Waals surface area contributed by atoms with Crippen LogP contribution in [0.5, 0.6) is 0 Å². The lowest BCUT2D eigenvalue weighted by atomic mass is 10.3. The van der Waals surface area contributed by atoms with Crippen molar-refractivity contribution in [2.75, 3.05) is 26.2 Å². The molecule has 0 aliphatic rings. The van der Waals surface area contributed by atoms with Gasteiger partial charge in [-0.1, -0.05) is 38.2 Å². The van der Waals surface area contributed by atoms with Crippen molar-refractivity contribution in [1.29, 1.82) is 0 Å². The van der Waals surface area contributed by atoms with Crippen LogP contribution in [0.15, 0.2) is 50.6 Å². The smallest absolute Gasteiger partial charge is 0.317 e. The third kappa shape index (κ3) is 8.13. The number of amides is 2. The lowest BCUT2D eigenvalue weighted by molar-refractivity contribution is 0.163. The molecule has 0 rings (SSSR count). The fourth-order valence-corrected chi connectivity index (χ4v) is 2.57. The van der Waals surface area contributed by atoms with Crippen molar-refractivity contribution in [1.82, 2.24) is 20.4 Å². The molecule has 5 heteroatoms. The maximum absolute atomic E-state index is 12.4. The minimum atomic E-state index is -0.176. The summed E-state index contributed by atoms with van der Waals surface area (Å²) >= 11 is 0. The molecule has 0 saturated heterocycles. The van der Waals surface area contributed by atoms with Crippen molar-refractivity contribution in [2.24, 2.45) is 0 Å². The molecular weight excluding hydrogens is 300 g/mol. The second kappa shape index (κ2) is 13.6. The highest BCUT2D eigenvalue weighted by Crippen LogP contribution is 2.04. The van der Waals surface area contributed by atoms with E-state index in [1.807, 2.05) is 38.2 Å². The van der Waals surface area contributed by atoms with Crippen LogP contribution in [0, 0.1) is 0 Å². The lowest BCUT2D eigenvalue weighted by Gasteiger charge is -2.33. The summed E-state index contributed by atoms with van der Waals surface area (Å²) in [5.74, 6) is 0. The summed E-state index contributed by atoms with van der Waals surface area (Å²) in [5.41, 5.74) is 0. The van der Waals surface area contributed by atoms with E-state index in [4.69, 9.17) is 0 Å². The van der Waals surface area contributed by atoms with Gasteiger partial charge in [0, 0.05) is 26.2 Å². The Morgan fingerprint density at radius 1 is 0.792 bits per heavy atom. The average Bonchev–Trinajstić information content (AvgIpc) is 2.57. The molecule has 0 spiro atoms. The van der Waals surface area contributed by atoms with E-state index in [-0.39, 0.29) is 18.4 Å². The largest absolute Gasteiger partial charge is 0.323 e. The number of carbonyl (C=O) groups is 1. The van der Waals surface area contributed by atoms with Crippen LogP contribution in [0.3, 0.4) is 0 Å². The monoisotopic (exact) mass is 334 g/mol. The third-order valence-corrected chi connectivity index (χ3v) is 3.70. The van der Waals surface area contributed by atoms with Crippen LogP contribution in [-0.2, 0) is 0 Å². The molecule has 2 unspecified atom stereocenters. The molecular formula is C19H34N4O. The van der Waals surface area contributed by atoms with Crippen molar-refractivity contribution in [2.45, 2.75) is 39.0 Å². The van der Waals surface area contributed by atoms with E-state index in [1.54, 1.807) is 0 Å². The molecule has 0 aromatic heterocycles. The van der Waals surface area contributed by atoms with E-state index in [0.717, 1.165) is 12.8 Å². The Kier molecular flexibility index (Phi) is 12.5. The van der Waals surface area contributed by atoms with E-state index in [2.05, 4.69) is 46.7 Å². The first-order valence-electron chi connectivity index (χ1n) is 8.56. The number of nitrogens with zero attached hydrogens (tertiary/aromatic N) is 2. The van der Waals surface area contributed by atoms with Crippen LogP contribution in [-0.4, -0.2) is 54.3 Å². The van der Waals surface area contributed by atoms with E-state index >= 15 is 0 Å². The summed E-state index contributed by atoms with van der Waals surface area (Å²) in [6.45, 7) is 22.0. The first-order valence-corrected chi connectivity index (χ1v) is 8.56. The number of rotatable bonds is 14. The molecule has 5 nitrogen and oxygen atoms in total. The summed E-state index contributed by atoms with van der Waals surface area (Å²) in [4.78, 5) is 16.7. The van der Waals surface area contributed by atoms with Gasteiger partial charge in [0.25, 0.3) is 0 Å². The molecule has 0 saturated carbocycles. The van der Waals surface area contributed by atoms with Crippen molar-refractivity contribution >= 4 is 6.03 Å². The van der Waals surface area contributed by atoms with Crippen LogP contribution in [0.4, 0.5) is 4.79 Å². The standard InChI is InChI=1S/C19H34N4O/c1-7-13-22(14-8-2)17(11-5)20-19(24)21-18(12-6)23(15-9-3)16-10-4/h7-10,17-18H,1-4,11-16H2,5-6H3,(H2,20,21,24). The van der Waals surface area contributed by atoms with Gasteiger partial charge in [-0.25, -0.2) is 4.79 Å². The minimum absolute atomic E-state index is 0.0641. The Hall–Kier alpha value is -1.85. The molecule has 0 aliphatic carbocycles. The normalized spacial score (nSPS) is 13.2. The molecule has 2 atom stereocenters. The second-order valence-corrected chi connectivity index (χ2v) is 5.53. The number of carbonyl (C=O) groups excluding carboxylic acids is 1. The van der Waals surface area contributed by atoms with Crippen LogP contribution in [0.25, 0.3) is 0 Å². The van der Waals surface area contributed by atoms with Gasteiger partial charge in [-0.2, -0.15) is 0 Å². The van der Waals surface area contributed by atoms with Crippen molar-refractivity contribution < 1.29 is 4.79 Å². The zero-order valence-electron chi connectivity index (χ0n) is 15.3. The minimum Gasteiger partial charge on any atom is -0.323 e. The highest BCUT2D eigenvalue weighted by atomic mass is 16.2. The summed E-state index contributed by atoms with van der Waals surface area (Å²) in [6.07, 6.45) is 8.79.